The van der Waals surface area contributed by atoms with Crippen LogP contribution in [0.5, 0.6) is 0 Å². The first-order chi connectivity index (χ1) is 7.99. The zero-order valence-electron chi connectivity index (χ0n) is 8.09. The van der Waals surface area contributed by atoms with Crippen LogP contribution in [-0.2, 0) is 10.0 Å². The van der Waals surface area contributed by atoms with E-state index in [0.29, 0.717) is 5.02 Å². The Kier molecular flexibility index (Phi) is 3.53. The Morgan fingerprint density at radius 1 is 1.24 bits per heavy atom. The molecule has 0 unspecified atom stereocenters. The van der Waals surface area contributed by atoms with Gasteiger partial charge >= 0.3 is 0 Å². The second kappa shape index (κ2) is 4.77. The highest BCUT2D eigenvalue weighted by atomic mass is 35.5. The van der Waals surface area contributed by atoms with Gasteiger partial charge in [-0.1, -0.05) is 34.5 Å². The molecule has 2 aromatic rings. The third kappa shape index (κ3) is 2.86. The first-order valence-corrected chi connectivity index (χ1v) is 7.35. The van der Waals surface area contributed by atoms with Crippen molar-refractivity contribution in [1.82, 2.24) is 10.2 Å². The van der Waals surface area contributed by atoms with Crippen LogP contribution in [0.15, 0.2) is 28.6 Å². The zero-order valence-corrected chi connectivity index (χ0v) is 11.2. The number of halogens is 2. The van der Waals surface area contributed by atoms with Gasteiger partial charge in [-0.05, 0) is 18.2 Å². The molecule has 90 valence electrons. The summed E-state index contributed by atoms with van der Waals surface area (Å²) in [6, 6.07) is 4.05. The molecule has 1 aromatic carbocycles. The smallest absolute Gasteiger partial charge is 0.253 e. The Balaban J connectivity index is 2.35. The monoisotopic (exact) mass is 309 g/mol. The van der Waals surface area contributed by atoms with E-state index in [9.17, 15) is 8.42 Å². The molecule has 0 saturated heterocycles. The average molecular weight is 310 g/mol. The Labute approximate surface area is 111 Å². The van der Waals surface area contributed by atoms with Gasteiger partial charge in [0.2, 0.25) is 5.13 Å². The minimum atomic E-state index is -3.71. The van der Waals surface area contributed by atoms with Crippen molar-refractivity contribution in [2.75, 3.05) is 4.72 Å². The predicted molar refractivity (Wildman–Crippen MR) is 67.2 cm³/mol. The lowest BCUT2D eigenvalue weighted by molar-refractivity contribution is 0.601. The molecule has 0 spiro atoms. The summed E-state index contributed by atoms with van der Waals surface area (Å²) in [4.78, 5) is 0.0158. The first-order valence-electron chi connectivity index (χ1n) is 4.23. The van der Waals surface area contributed by atoms with Crippen LogP contribution in [-0.4, -0.2) is 18.6 Å². The van der Waals surface area contributed by atoms with Gasteiger partial charge in [0.1, 0.15) is 5.51 Å². The minimum Gasteiger partial charge on any atom is -0.253 e. The molecule has 1 N–H and O–H groups in total. The SMILES string of the molecule is O=S(=O)(Nc1nncs1)c1ccc(Cl)c(Cl)c1. The summed E-state index contributed by atoms with van der Waals surface area (Å²) < 4.78 is 26.1. The minimum absolute atomic E-state index is 0.0158. The summed E-state index contributed by atoms with van der Waals surface area (Å²) in [5, 5.41) is 7.77. The summed E-state index contributed by atoms with van der Waals surface area (Å²) in [5.74, 6) is 0. The third-order valence-electron chi connectivity index (χ3n) is 1.78. The topological polar surface area (TPSA) is 72.0 Å². The molecular formula is C8H5Cl2N3O2S2. The van der Waals surface area contributed by atoms with E-state index in [2.05, 4.69) is 14.9 Å². The molecule has 0 saturated carbocycles. The lowest BCUT2D eigenvalue weighted by atomic mass is 10.4. The molecule has 0 radical (unpaired) electrons. The fourth-order valence-corrected chi connectivity index (χ4v) is 3.12. The van der Waals surface area contributed by atoms with Crippen LogP contribution in [0.4, 0.5) is 5.13 Å². The van der Waals surface area contributed by atoms with Gasteiger partial charge < -0.3 is 0 Å². The van der Waals surface area contributed by atoms with Crippen LogP contribution >= 0.6 is 34.5 Å². The van der Waals surface area contributed by atoms with Crippen molar-refractivity contribution in [3.63, 3.8) is 0 Å². The number of benzene rings is 1. The molecule has 0 atom stereocenters. The number of nitrogens with zero attached hydrogens (tertiary/aromatic N) is 2. The largest absolute Gasteiger partial charge is 0.263 e. The predicted octanol–water partition coefficient (Wildman–Crippen LogP) is 2.65. The molecule has 0 amide bonds. The van der Waals surface area contributed by atoms with Crippen molar-refractivity contribution < 1.29 is 8.42 Å². The summed E-state index contributed by atoms with van der Waals surface area (Å²) in [7, 11) is -3.71. The maximum absolute atomic E-state index is 11.9. The molecule has 1 aromatic heterocycles. The number of aromatic nitrogens is 2. The Morgan fingerprint density at radius 3 is 2.59 bits per heavy atom. The van der Waals surface area contributed by atoms with Crippen LogP contribution < -0.4 is 4.72 Å². The number of sulfonamides is 1. The number of hydrogen-bond donors (Lipinski definition) is 1. The number of rotatable bonds is 3. The molecule has 1 heterocycles. The van der Waals surface area contributed by atoms with E-state index < -0.39 is 10.0 Å². The summed E-state index contributed by atoms with van der Waals surface area (Å²) in [6.45, 7) is 0. The van der Waals surface area contributed by atoms with Crippen LogP contribution in [0.3, 0.4) is 0 Å². The molecule has 0 fully saturated rings. The summed E-state index contributed by atoms with van der Waals surface area (Å²) in [5.41, 5.74) is 1.42. The number of hydrogen-bond acceptors (Lipinski definition) is 5. The van der Waals surface area contributed by atoms with E-state index in [4.69, 9.17) is 23.2 Å². The second-order valence-corrected chi connectivity index (χ2v) is 6.26. The molecule has 5 nitrogen and oxygen atoms in total. The second-order valence-electron chi connectivity index (χ2n) is 2.93. The number of nitrogens with one attached hydrogen (secondary N) is 1. The molecule has 0 aliphatic rings. The van der Waals surface area contributed by atoms with E-state index in [0.717, 1.165) is 11.3 Å². The Bertz CT molecular complexity index is 628. The standard InChI is InChI=1S/C8H5Cl2N3O2S2/c9-6-2-1-5(3-7(6)10)17(14,15)13-8-12-11-4-16-8/h1-4H,(H,12,13). The van der Waals surface area contributed by atoms with E-state index in [-0.39, 0.29) is 15.0 Å². The highest BCUT2D eigenvalue weighted by Crippen LogP contribution is 2.26. The Morgan fingerprint density at radius 2 is 2.00 bits per heavy atom. The molecule has 9 heteroatoms. The molecule has 2 rings (SSSR count). The molecule has 0 aliphatic heterocycles. The van der Waals surface area contributed by atoms with Crippen molar-refractivity contribution in [1.29, 1.82) is 0 Å². The third-order valence-corrected chi connectivity index (χ3v) is 4.59. The first kappa shape index (κ1) is 12.6. The van der Waals surface area contributed by atoms with Crippen molar-refractivity contribution >= 4 is 49.7 Å². The maximum atomic E-state index is 11.9. The van der Waals surface area contributed by atoms with Gasteiger partial charge in [0.25, 0.3) is 10.0 Å². The van der Waals surface area contributed by atoms with Gasteiger partial charge in [-0.3, -0.25) is 4.72 Å². The van der Waals surface area contributed by atoms with Crippen molar-refractivity contribution in [3.05, 3.63) is 33.8 Å². The quantitative estimate of drug-likeness (QED) is 0.946. The molecule has 17 heavy (non-hydrogen) atoms. The van der Waals surface area contributed by atoms with Crippen LogP contribution in [0, 0.1) is 0 Å². The fraction of sp³-hybridized carbons (Fsp3) is 0. The van der Waals surface area contributed by atoms with Crippen LogP contribution in [0.1, 0.15) is 0 Å². The van der Waals surface area contributed by atoms with Crippen LogP contribution in [0.2, 0.25) is 10.0 Å². The number of anilines is 1. The van der Waals surface area contributed by atoms with Gasteiger partial charge in [0.15, 0.2) is 0 Å². The molecule has 0 bridgehead atoms. The van der Waals surface area contributed by atoms with E-state index in [1.54, 1.807) is 0 Å². The van der Waals surface area contributed by atoms with Crippen molar-refractivity contribution in [2.45, 2.75) is 4.90 Å². The van der Waals surface area contributed by atoms with Crippen molar-refractivity contribution in [2.24, 2.45) is 0 Å². The summed E-state index contributed by atoms with van der Waals surface area (Å²) in [6.07, 6.45) is 0. The van der Waals surface area contributed by atoms with Crippen molar-refractivity contribution in [3.8, 4) is 0 Å². The van der Waals surface area contributed by atoms with Gasteiger partial charge in [0.05, 0.1) is 14.9 Å². The van der Waals surface area contributed by atoms with Gasteiger partial charge in [-0.15, -0.1) is 10.2 Å². The fourth-order valence-electron chi connectivity index (χ4n) is 1.04. The maximum Gasteiger partial charge on any atom is 0.263 e. The zero-order chi connectivity index (χ0) is 12.5. The van der Waals surface area contributed by atoms with Gasteiger partial charge in [-0.25, -0.2) is 8.42 Å². The highest BCUT2D eigenvalue weighted by Gasteiger charge is 2.16. The lowest BCUT2D eigenvalue weighted by Gasteiger charge is -2.05. The van der Waals surface area contributed by atoms with E-state index >= 15 is 0 Å². The summed E-state index contributed by atoms with van der Waals surface area (Å²) >= 11 is 12.5. The van der Waals surface area contributed by atoms with Gasteiger partial charge in [0, 0.05) is 0 Å². The van der Waals surface area contributed by atoms with Crippen LogP contribution in [0.25, 0.3) is 0 Å². The van der Waals surface area contributed by atoms with E-state index in [1.807, 2.05) is 0 Å². The normalized spacial score (nSPS) is 11.4. The highest BCUT2D eigenvalue weighted by molar-refractivity contribution is 7.93. The Hall–Kier alpha value is -0.890. The molecular weight excluding hydrogens is 305 g/mol. The molecule has 0 aliphatic carbocycles. The van der Waals surface area contributed by atoms with E-state index in [1.165, 1.54) is 23.7 Å². The lowest BCUT2D eigenvalue weighted by Crippen LogP contribution is -2.12. The average Bonchev–Trinajstić information content (AvgIpc) is 2.73. The van der Waals surface area contributed by atoms with Gasteiger partial charge in [-0.2, -0.15) is 0 Å².